The molecule has 0 fully saturated rings. The van der Waals surface area contributed by atoms with Gasteiger partial charge < -0.3 is 14.8 Å². The van der Waals surface area contributed by atoms with Gasteiger partial charge in [0.2, 0.25) is 5.91 Å². The summed E-state index contributed by atoms with van der Waals surface area (Å²) in [6, 6.07) is 14.2. The Balaban J connectivity index is 1.41. The van der Waals surface area contributed by atoms with Crippen LogP contribution in [0.15, 0.2) is 48.5 Å². The lowest BCUT2D eigenvalue weighted by Crippen LogP contribution is -2.22. The molecule has 0 saturated carbocycles. The van der Waals surface area contributed by atoms with Crippen molar-refractivity contribution < 1.29 is 14.3 Å². The van der Waals surface area contributed by atoms with Crippen molar-refractivity contribution in [1.29, 1.82) is 0 Å². The number of aryl methyl sites for hydroxylation is 2. The summed E-state index contributed by atoms with van der Waals surface area (Å²) in [4.78, 5) is 12.4. The number of amides is 1. The van der Waals surface area contributed by atoms with Gasteiger partial charge in [0.15, 0.2) is 11.5 Å². The van der Waals surface area contributed by atoms with Crippen LogP contribution < -0.4 is 14.8 Å². The summed E-state index contributed by atoms with van der Waals surface area (Å²) in [7, 11) is 0. The lowest BCUT2D eigenvalue weighted by atomic mass is 10.1. The molecule has 3 aromatic rings. The topological polar surface area (TPSA) is 65.4 Å². The zero-order valence-electron chi connectivity index (χ0n) is 18.1. The van der Waals surface area contributed by atoms with Gasteiger partial charge in [0, 0.05) is 29.4 Å². The van der Waals surface area contributed by atoms with Gasteiger partial charge in [0.25, 0.3) is 0 Å². The normalized spacial score (nSPS) is 12.9. The number of fused-ring (bicyclic) bond motifs is 1. The highest BCUT2D eigenvalue weighted by molar-refractivity contribution is 5.92. The third kappa shape index (κ3) is 4.79. The van der Waals surface area contributed by atoms with E-state index < -0.39 is 0 Å². The van der Waals surface area contributed by atoms with Crippen LogP contribution in [-0.2, 0) is 17.9 Å². The van der Waals surface area contributed by atoms with E-state index in [4.69, 9.17) is 9.47 Å². The van der Waals surface area contributed by atoms with Crippen molar-refractivity contribution >= 4 is 12.0 Å². The average Bonchev–Trinajstić information content (AvgIpc) is 3.04. The van der Waals surface area contributed by atoms with Crippen molar-refractivity contribution in [2.45, 2.75) is 33.9 Å². The maximum atomic E-state index is 12.4. The van der Waals surface area contributed by atoms with Gasteiger partial charge in [-0.15, -0.1) is 0 Å². The van der Waals surface area contributed by atoms with Crippen LogP contribution in [0.5, 0.6) is 11.5 Å². The molecule has 6 heteroatoms. The van der Waals surface area contributed by atoms with E-state index in [0.29, 0.717) is 32.1 Å². The van der Waals surface area contributed by atoms with Crippen LogP contribution in [0.1, 0.15) is 33.6 Å². The first kappa shape index (κ1) is 20.7. The number of nitrogens with zero attached hydrogens (tertiary/aromatic N) is 2. The van der Waals surface area contributed by atoms with Crippen molar-refractivity contribution in [2.24, 2.45) is 0 Å². The number of aromatic nitrogens is 2. The Kier molecular flexibility index (Phi) is 6.07. The SMILES string of the molecule is Cc1ccc(Cn2nc(C)c(/C=C/C(=O)NCc3cccc4c3OCCO4)c2C)cc1. The fraction of sp³-hybridized carbons (Fsp3) is 0.280. The van der Waals surface area contributed by atoms with E-state index in [-0.39, 0.29) is 5.91 Å². The van der Waals surface area contributed by atoms with Gasteiger partial charge in [0.05, 0.1) is 12.2 Å². The van der Waals surface area contributed by atoms with E-state index in [1.807, 2.05) is 42.8 Å². The Hall–Kier alpha value is -3.54. The number of nitrogens with one attached hydrogen (secondary N) is 1. The van der Waals surface area contributed by atoms with E-state index in [9.17, 15) is 4.79 Å². The number of para-hydroxylation sites is 1. The molecule has 1 aliphatic rings. The number of hydrogen-bond acceptors (Lipinski definition) is 4. The molecule has 0 atom stereocenters. The fourth-order valence-corrected chi connectivity index (χ4v) is 3.65. The predicted octanol–water partition coefficient (Wildman–Crippen LogP) is 3.96. The summed E-state index contributed by atoms with van der Waals surface area (Å²) in [5.74, 6) is 1.27. The van der Waals surface area contributed by atoms with Crippen LogP contribution in [0.4, 0.5) is 0 Å². The highest BCUT2D eigenvalue weighted by atomic mass is 16.6. The van der Waals surface area contributed by atoms with E-state index in [1.54, 1.807) is 6.08 Å². The molecule has 1 aromatic heterocycles. The molecule has 0 spiro atoms. The minimum absolute atomic E-state index is 0.167. The Morgan fingerprint density at radius 1 is 1.10 bits per heavy atom. The standard InChI is InChI=1S/C25H27N3O3/c1-17-7-9-20(10-8-17)16-28-19(3)22(18(2)27-28)11-12-24(29)26-15-21-5-4-6-23-25(21)31-14-13-30-23/h4-12H,13-16H2,1-3H3,(H,26,29)/b12-11+. The molecule has 0 unspecified atom stereocenters. The van der Waals surface area contributed by atoms with Crippen molar-refractivity contribution in [2.75, 3.05) is 13.2 Å². The molecule has 1 aliphatic heterocycles. The van der Waals surface area contributed by atoms with Crippen LogP contribution in [0.25, 0.3) is 6.08 Å². The van der Waals surface area contributed by atoms with Crippen LogP contribution in [0.2, 0.25) is 0 Å². The number of carbonyl (C=O) groups excluding carboxylic acids is 1. The lowest BCUT2D eigenvalue weighted by Gasteiger charge is -2.20. The summed E-state index contributed by atoms with van der Waals surface area (Å²) in [5.41, 5.74) is 6.23. The first-order valence-electron chi connectivity index (χ1n) is 10.4. The van der Waals surface area contributed by atoms with Crippen LogP contribution in [-0.4, -0.2) is 28.9 Å². The fourth-order valence-electron chi connectivity index (χ4n) is 3.65. The molecule has 0 radical (unpaired) electrons. The van der Waals surface area contributed by atoms with Gasteiger partial charge in [-0.3, -0.25) is 9.48 Å². The number of rotatable bonds is 6. The summed E-state index contributed by atoms with van der Waals surface area (Å²) in [5, 5.41) is 7.57. The molecule has 1 amide bonds. The molecule has 4 rings (SSSR count). The number of carbonyl (C=O) groups is 1. The molecular formula is C25H27N3O3. The Bertz CT molecular complexity index is 1110. The molecule has 160 valence electrons. The van der Waals surface area contributed by atoms with Crippen LogP contribution >= 0.6 is 0 Å². The van der Waals surface area contributed by atoms with Crippen molar-refractivity contribution in [3.8, 4) is 11.5 Å². The second-order valence-corrected chi connectivity index (χ2v) is 7.72. The van der Waals surface area contributed by atoms with Gasteiger partial charge in [-0.05, 0) is 38.5 Å². The largest absolute Gasteiger partial charge is 0.486 e. The van der Waals surface area contributed by atoms with Gasteiger partial charge in [0.1, 0.15) is 13.2 Å². The van der Waals surface area contributed by atoms with E-state index in [0.717, 1.165) is 28.3 Å². The van der Waals surface area contributed by atoms with Gasteiger partial charge in [-0.25, -0.2) is 0 Å². The number of hydrogen-bond donors (Lipinski definition) is 1. The third-order valence-electron chi connectivity index (χ3n) is 5.39. The summed E-state index contributed by atoms with van der Waals surface area (Å²) >= 11 is 0. The maximum absolute atomic E-state index is 12.4. The zero-order valence-corrected chi connectivity index (χ0v) is 18.1. The van der Waals surface area contributed by atoms with Crippen molar-refractivity contribution in [3.05, 3.63) is 82.2 Å². The highest BCUT2D eigenvalue weighted by Crippen LogP contribution is 2.33. The highest BCUT2D eigenvalue weighted by Gasteiger charge is 2.15. The number of benzene rings is 2. The average molecular weight is 418 g/mol. The van der Waals surface area contributed by atoms with E-state index in [1.165, 1.54) is 11.1 Å². The second kappa shape index (κ2) is 9.08. The Morgan fingerprint density at radius 3 is 2.68 bits per heavy atom. The van der Waals surface area contributed by atoms with E-state index >= 15 is 0 Å². The first-order valence-corrected chi connectivity index (χ1v) is 10.4. The van der Waals surface area contributed by atoms with Crippen LogP contribution in [0.3, 0.4) is 0 Å². The molecule has 2 heterocycles. The minimum Gasteiger partial charge on any atom is -0.486 e. The summed E-state index contributed by atoms with van der Waals surface area (Å²) in [6.45, 7) is 8.21. The Labute approximate surface area is 182 Å². The molecular weight excluding hydrogens is 390 g/mol. The predicted molar refractivity (Wildman–Crippen MR) is 120 cm³/mol. The van der Waals surface area contributed by atoms with Crippen molar-refractivity contribution in [3.63, 3.8) is 0 Å². The molecule has 31 heavy (non-hydrogen) atoms. The molecule has 0 aliphatic carbocycles. The number of ether oxygens (including phenoxy) is 2. The zero-order chi connectivity index (χ0) is 21.8. The monoisotopic (exact) mass is 417 g/mol. The lowest BCUT2D eigenvalue weighted by molar-refractivity contribution is -0.116. The minimum atomic E-state index is -0.167. The van der Waals surface area contributed by atoms with Gasteiger partial charge >= 0.3 is 0 Å². The molecule has 0 saturated heterocycles. The van der Waals surface area contributed by atoms with Gasteiger partial charge in [-0.1, -0.05) is 42.0 Å². The smallest absolute Gasteiger partial charge is 0.244 e. The maximum Gasteiger partial charge on any atom is 0.244 e. The second-order valence-electron chi connectivity index (χ2n) is 7.72. The third-order valence-corrected chi connectivity index (χ3v) is 5.39. The first-order chi connectivity index (χ1) is 15.0. The summed E-state index contributed by atoms with van der Waals surface area (Å²) < 4.78 is 13.3. The molecule has 2 aromatic carbocycles. The van der Waals surface area contributed by atoms with Crippen LogP contribution in [0, 0.1) is 20.8 Å². The van der Waals surface area contributed by atoms with E-state index in [2.05, 4.69) is 41.6 Å². The Morgan fingerprint density at radius 2 is 1.87 bits per heavy atom. The molecule has 1 N–H and O–H groups in total. The quantitative estimate of drug-likeness (QED) is 0.617. The summed E-state index contributed by atoms with van der Waals surface area (Å²) in [6.07, 6.45) is 3.39. The molecule has 0 bridgehead atoms. The van der Waals surface area contributed by atoms with Crippen molar-refractivity contribution in [1.82, 2.24) is 15.1 Å². The van der Waals surface area contributed by atoms with Gasteiger partial charge in [-0.2, -0.15) is 5.10 Å². The molecule has 6 nitrogen and oxygen atoms in total.